The van der Waals surface area contributed by atoms with Crippen LogP contribution < -0.4 is 5.32 Å². The molecule has 1 fully saturated rings. The van der Waals surface area contributed by atoms with E-state index in [1.807, 2.05) is 30.5 Å². The smallest absolute Gasteiger partial charge is 0.251 e. The molecule has 0 aliphatic carbocycles. The SMILES string of the molecule is CSc1ccc(C(=O)NCC(C)N2CCCC(C)C2)cc1. The van der Waals surface area contributed by atoms with E-state index in [4.69, 9.17) is 0 Å². The summed E-state index contributed by atoms with van der Waals surface area (Å²) in [4.78, 5) is 15.8. The monoisotopic (exact) mass is 306 g/mol. The zero-order valence-electron chi connectivity index (χ0n) is 13.3. The highest BCUT2D eigenvalue weighted by Gasteiger charge is 2.21. The molecule has 1 aliphatic rings. The zero-order valence-corrected chi connectivity index (χ0v) is 14.1. The number of thioether (sulfide) groups is 1. The first-order valence-corrected chi connectivity index (χ1v) is 8.99. The van der Waals surface area contributed by atoms with E-state index in [2.05, 4.69) is 24.1 Å². The summed E-state index contributed by atoms with van der Waals surface area (Å²) >= 11 is 1.69. The molecular weight excluding hydrogens is 280 g/mol. The second kappa shape index (κ2) is 7.85. The molecule has 1 N–H and O–H groups in total. The highest BCUT2D eigenvalue weighted by Crippen LogP contribution is 2.17. The van der Waals surface area contributed by atoms with Crippen molar-refractivity contribution in [3.63, 3.8) is 0 Å². The van der Waals surface area contributed by atoms with E-state index in [0.717, 1.165) is 31.1 Å². The topological polar surface area (TPSA) is 32.3 Å². The first-order chi connectivity index (χ1) is 10.1. The summed E-state index contributed by atoms with van der Waals surface area (Å²) < 4.78 is 0. The maximum Gasteiger partial charge on any atom is 0.251 e. The molecule has 0 aromatic heterocycles. The molecule has 0 bridgehead atoms. The Morgan fingerprint density at radius 3 is 2.76 bits per heavy atom. The third kappa shape index (κ3) is 4.75. The van der Waals surface area contributed by atoms with Crippen molar-refractivity contribution in [1.82, 2.24) is 10.2 Å². The minimum atomic E-state index is 0.0274. The molecule has 2 rings (SSSR count). The van der Waals surface area contributed by atoms with Crippen LogP contribution in [-0.2, 0) is 0 Å². The Morgan fingerprint density at radius 1 is 1.43 bits per heavy atom. The predicted octanol–water partition coefficient (Wildman–Crippen LogP) is 3.26. The lowest BCUT2D eigenvalue weighted by Crippen LogP contribution is -2.46. The van der Waals surface area contributed by atoms with E-state index in [1.165, 1.54) is 17.7 Å². The standard InChI is InChI=1S/C17H26N2OS/c1-13-5-4-10-19(12-13)14(2)11-18-17(20)15-6-8-16(21-3)9-7-15/h6-9,13-14H,4-5,10-12H2,1-3H3,(H,18,20). The van der Waals surface area contributed by atoms with Crippen LogP contribution >= 0.6 is 11.8 Å². The second-order valence-corrected chi connectivity index (χ2v) is 6.91. The summed E-state index contributed by atoms with van der Waals surface area (Å²) in [6.07, 6.45) is 4.64. The Hall–Kier alpha value is -1.00. The van der Waals surface area contributed by atoms with Gasteiger partial charge in [-0.1, -0.05) is 6.92 Å². The van der Waals surface area contributed by atoms with Crippen LogP contribution in [-0.4, -0.2) is 42.7 Å². The van der Waals surface area contributed by atoms with Gasteiger partial charge in [-0.25, -0.2) is 0 Å². The van der Waals surface area contributed by atoms with E-state index < -0.39 is 0 Å². The lowest BCUT2D eigenvalue weighted by atomic mass is 9.99. The van der Waals surface area contributed by atoms with Gasteiger partial charge in [-0.3, -0.25) is 9.69 Å². The molecule has 21 heavy (non-hydrogen) atoms. The molecule has 1 aliphatic heterocycles. The molecule has 2 atom stereocenters. The fraction of sp³-hybridized carbons (Fsp3) is 0.588. The number of hydrogen-bond acceptors (Lipinski definition) is 3. The molecule has 0 saturated carbocycles. The van der Waals surface area contributed by atoms with Gasteiger partial charge in [0.15, 0.2) is 0 Å². The third-order valence-corrected chi connectivity index (χ3v) is 4.97. The van der Waals surface area contributed by atoms with E-state index >= 15 is 0 Å². The van der Waals surface area contributed by atoms with Crippen molar-refractivity contribution in [3.8, 4) is 0 Å². The zero-order chi connectivity index (χ0) is 15.2. The summed E-state index contributed by atoms with van der Waals surface area (Å²) in [5, 5.41) is 3.06. The van der Waals surface area contributed by atoms with Crippen molar-refractivity contribution in [2.75, 3.05) is 25.9 Å². The highest BCUT2D eigenvalue weighted by molar-refractivity contribution is 7.98. The molecular formula is C17H26N2OS. The van der Waals surface area contributed by atoms with Crippen LogP contribution in [0.3, 0.4) is 0 Å². The Bertz CT molecular complexity index is 460. The van der Waals surface area contributed by atoms with Gasteiger partial charge in [-0.15, -0.1) is 11.8 Å². The minimum absolute atomic E-state index is 0.0274. The van der Waals surface area contributed by atoms with Crippen LogP contribution in [0, 0.1) is 5.92 Å². The van der Waals surface area contributed by atoms with Crippen molar-refractivity contribution in [1.29, 1.82) is 0 Å². The average molecular weight is 306 g/mol. The van der Waals surface area contributed by atoms with Crippen LogP contribution in [0.2, 0.25) is 0 Å². The molecule has 4 heteroatoms. The number of hydrogen-bond donors (Lipinski definition) is 1. The van der Waals surface area contributed by atoms with Gasteiger partial charge < -0.3 is 5.32 Å². The molecule has 1 amide bonds. The van der Waals surface area contributed by atoms with Gasteiger partial charge in [-0.2, -0.15) is 0 Å². The fourth-order valence-corrected chi connectivity index (χ4v) is 3.25. The number of carbonyl (C=O) groups is 1. The van der Waals surface area contributed by atoms with Gasteiger partial charge in [0.05, 0.1) is 0 Å². The van der Waals surface area contributed by atoms with Crippen LogP contribution in [0.25, 0.3) is 0 Å². The largest absolute Gasteiger partial charge is 0.350 e. The Morgan fingerprint density at radius 2 is 2.14 bits per heavy atom. The molecule has 2 unspecified atom stereocenters. The summed E-state index contributed by atoms with van der Waals surface area (Å²) in [5.41, 5.74) is 0.743. The van der Waals surface area contributed by atoms with Crippen LogP contribution in [0.5, 0.6) is 0 Å². The Balaban J connectivity index is 1.82. The molecule has 116 valence electrons. The normalized spacial score (nSPS) is 21.0. The van der Waals surface area contributed by atoms with Gasteiger partial charge >= 0.3 is 0 Å². The quantitative estimate of drug-likeness (QED) is 0.848. The molecule has 1 aromatic carbocycles. The maximum absolute atomic E-state index is 12.2. The van der Waals surface area contributed by atoms with E-state index in [-0.39, 0.29) is 5.91 Å². The molecule has 0 spiro atoms. The number of nitrogens with zero attached hydrogens (tertiary/aromatic N) is 1. The van der Waals surface area contributed by atoms with E-state index in [0.29, 0.717) is 6.04 Å². The van der Waals surface area contributed by atoms with Crippen molar-refractivity contribution in [2.45, 2.75) is 37.6 Å². The molecule has 0 radical (unpaired) electrons. The first-order valence-electron chi connectivity index (χ1n) is 7.76. The number of likely N-dealkylation sites (tertiary alicyclic amines) is 1. The Labute approximate surface area is 132 Å². The first kappa shape index (κ1) is 16.4. The third-order valence-electron chi connectivity index (χ3n) is 4.22. The van der Waals surface area contributed by atoms with Crippen LogP contribution in [0.15, 0.2) is 29.2 Å². The van der Waals surface area contributed by atoms with Gasteiger partial charge in [0, 0.05) is 29.6 Å². The molecule has 1 saturated heterocycles. The van der Waals surface area contributed by atoms with Gasteiger partial charge in [0.1, 0.15) is 0 Å². The maximum atomic E-state index is 12.2. The highest BCUT2D eigenvalue weighted by atomic mass is 32.2. The number of benzene rings is 1. The van der Waals surface area contributed by atoms with E-state index in [9.17, 15) is 4.79 Å². The average Bonchev–Trinajstić information content (AvgIpc) is 2.52. The van der Waals surface area contributed by atoms with Crippen LogP contribution in [0.4, 0.5) is 0 Å². The Kier molecular flexibility index (Phi) is 6.12. The summed E-state index contributed by atoms with van der Waals surface area (Å²) in [7, 11) is 0. The van der Waals surface area contributed by atoms with Gasteiger partial charge in [0.2, 0.25) is 0 Å². The van der Waals surface area contributed by atoms with Crippen LogP contribution in [0.1, 0.15) is 37.0 Å². The minimum Gasteiger partial charge on any atom is -0.350 e. The summed E-state index contributed by atoms with van der Waals surface area (Å²) in [6.45, 7) is 7.54. The van der Waals surface area contributed by atoms with Crippen molar-refractivity contribution < 1.29 is 4.79 Å². The number of carbonyl (C=O) groups excluding carboxylic acids is 1. The summed E-state index contributed by atoms with van der Waals surface area (Å²) in [6, 6.07) is 8.19. The lowest BCUT2D eigenvalue weighted by molar-refractivity contribution is 0.0917. The number of piperidine rings is 1. The molecule has 1 heterocycles. The number of nitrogens with one attached hydrogen (secondary N) is 1. The molecule has 1 aromatic rings. The van der Waals surface area contributed by atoms with Crippen molar-refractivity contribution >= 4 is 17.7 Å². The lowest BCUT2D eigenvalue weighted by Gasteiger charge is -2.35. The number of rotatable bonds is 5. The summed E-state index contributed by atoms with van der Waals surface area (Å²) in [5.74, 6) is 0.801. The van der Waals surface area contributed by atoms with Crippen molar-refractivity contribution in [3.05, 3.63) is 29.8 Å². The molecule has 3 nitrogen and oxygen atoms in total. The van der Waals surface area contributed by atoms with Crippen molar-refractivity contribution in [2.24, 2.45) is 5.92 Å². The fourth-order valence-electron chi connectivity index (χ4n) is 2.84. The second-order valence-electron chi connectivity index (χ2n) is 6.03. The number of amides is 1. The van der Waals surface area contributed by atoms with Gasteiger partial charge in [0.25, 0.3) is 5.91 Å². The predicted molar refractivity (Wildman–Crippen MR) is 90.0 cm³/mol. The van der Waals surface area contributed by atoms with E-state index in [1.54, 1.807) is 11.8 Å². The van der Waals surface area contributed by atoms with Gasteiger partial charge in [-0.05, 0) is 62.7 Å².